The van der Waals surface area contributed by atoms with Crippen molar-refractivity contribution in [3.8, 4) is 5.88 Å². The first-order valence-corrected chi connectivity index (χ1v) is 6.33. The molecule has 1 aromatic rings. The molecule has 0 aromatic carbocycles. The van der Waals surface area contributed by atoms with E-state index in [0.717, 1.165) is 6.20 Å². The van der Waals surface area contributed by atoms with Gasteiger partial charge < -0.3 is 15.0 Å². The molecule has 1 heterocycles. The van der Waals surface area contributed by atoms with Gasteiger partial charge in [-0.15, -0.1) is 0 Å². The van der Waals surface area contributed by atoms with Gasteiger partial charge in [0.1, 0.15) is 12.8 Å². The highest BCUT2D eigenvalue weighted by atomic mass is 16.6. The number of nitrogens with one attached hydrogen (secondary N) is 1. The van der Waals surface area contributed by atoms with Gasteiger partial charge in [0, 0.05) is 12.1 Å². The topological polar surface area (TPSA) is 93.4 Å². The van der Waals surface area contributed by atoms with Gasteiger partial charge >= 0.3 is 5.69 Å². The van der Waals surface area contributed by atoms with Crippen molar-refractivity contribution in [2.45, 2.75) is 26.3 Å². The third kappa shape index (κ3) is 4.02. The average molecular weight is 283 g/mol. The number of nitrogens with zero attached hydrogens (tertiary/aromatic N) is 4. The van der Waals surface area contributed by atoms with E-state index < -0.39 is 4.92 Å². The van der Waals surface area contributed by atoms with Crippen LogP contribution in [0.4, 0.5) is 11.6 Å². The van der Waals surface area contributed by atoms with E-state index in [-0.39, 0.29) is 23.7 Å². The Morgan fingerprint density at radius 2 is 2.15 bits per heavy atom. The van der Waals surface area contributed by atoms with Crippen molar-refractivity contribution in [2.24, 2.45) is 0 Å². The summed E-state index contributed by atoms with van der Waals surface area (Å²) in [5.41, 5.74) is -0.502. The van der Waals surface area contributed by atoms with Crippen LogP contribution in [0.1, 0.15) is 20.8 Å². The molecule has 112 valence electrons. The Hall–Kier alpha value is -1.96. The molecule has 0 unspecified atom stereocenters. The Morgan fingerprint density at radius 1 is 1.50 bits per heavy atom. The van der Waals surface area contributed by atoms with E-state index in [2.05, 4.69) is 15.3 Å². The molecule has 0 aliphatic rings. The maximum atomic E-state index is 11.0. The second-order valence-electron chi connectivity index (χ2n) is 5.17. The fourth-order valence-corrected chi connectivity index (χ4v) is 1.21. The second-order valence-corrected chi connectivity index (χ2v) is 5.17. The summed E-state index contributed by atoms with van der Waals surface area (Å²) >= 11 is 0. The van der Waals surface area contributed by atoms with E-state index in [0.29, 0.717) is 12.5 Å². The molecule has 0 aliphatic heterocycles. The maximum Gasteiger partial charge on any atom is 0.349 e. The van der Waals surface area contributed by atoms with Gasteiger partial charge in [0.25, 0.3) is 5.88 Å². The van der Waals surface area contributed by atoms with Crippen LogP contribution >= 0.6 is 0 Å². The van der Waals surface area contributed by atoms with E-state index in [4.69, 9.17) is 4.74 Å². The fourth-order valence-electron chi connectivity index (χ4n) is 1.21. The number of nitro groups is 1. The van der Waals surface area contributed by atoms with Crippen LogP contribution in [0.2, 0.25) is 0 Å². The molecule has 0 radical (unpaired) electrons. The SMILES string of the molecule is CCNc1ncc([N+](=O)[O-])c(OCC(C)(C)N(C)C)n1. The lowest BCUT2D eigenvalue weighted by molar-refractivity contribution is -0.386. The Bertz CT molecular complexity index is 476. The van der Waals surface area contributed by atoms with Gasteiger partial charge in [-0.05, 0) is 34.9 Å². The highest BCUT2D eigenvalue weighted by Gasteiger charge is 2.25. The number of aromatic nitrogens is 2. The molecule has 0 atom stereocenters. The van der Waals surface area contributed by atoms with Crippen LogP contribution in [-0.4, -0.2) is 52.6 Å². The summed E-state index contributed by atoms with van der Waals surface area (Å²) in [4.78, 5) is 20.3. The molecule has 8 heteroatoms. The lowest BCUT2D eigenvalue weighted by Gasteiger charge is -2.31. The van der Waals surface area contributed by atoms with Crippen LogP contribution in [0, 0.1) is 10.1 Å². The van der Waals surface area contributed by atoms with Crippen molar-refractivity contribution < 1.29 is 9.66 Å². The van der Waals surface area contributed by atoms with Crippen LogP contribution in [-0.2, 0) is 0 Å². The van der Waals surface area contributed by atoms with Gasteiger partial charge in [0.15, 0.2) is 0 Å². The lowest BCUT2D eigenvalue weighted by atomic mass is 10.1. The van der Waals surface area contributed by atoms with Crippen molar-refractivity contribution >= 4 is 11.6 Å². The van der Waals surface area contributed by atoms with E-state index in [1.54, 1.807) is 0 Å². The third-order valence-electron chi connectivity index (χ3n) is 3.04. The number of hydrogen-bond donors (Lipinski definition) is 1. The molecular formula is C12H21N5O3. The first-order valence-electron chi connectivity index (χ1n) is 6.33. The van der Waals surface area contributed by atoms with Gasteiger partial charge in [-0.2, -0.15) is 4.98 Å². The summed E-state index contributed by atoms with van der Waals surface area (Å²) in [6, 6.07) is 0. The van der Waals surface area contributed by atoms with Crippen LogP contribution in [0.15, 0.2) is 6.20 Å². The number of hydrogen-bond acceptors (Lipinski definition) is 7. The zero-order valence-electron chi connectivity index (χ0n) is 12.5. The van der Waals surface area contributed by atoms with Crippen LogP contribution in [0.5, 0.6) is 5.88 Å². The summed E-state index contributed by atoms with van der Waals surface area (Å²) in [5, 5.41) is 13.9. The molecule has 0 amide bonds. The quantitative estimate of drug-likeness (QED) is 0.599. The van der Waals surface area contributed by atoms with Crippen molar-refractivity contribution in [1.29, 1.82) is 0 Å². The number of ether oxygens (including phenoxy) is 1. The van der Waals surface area contributed by atoms with E-state index in [1.807, 2.05) is 39.8 Å². The minimum absolute atomic E-state index is 0.0177. The average Bonchev–Trinajstić information content (AvgIpc) is 2.36. The zero-order valence-corrected chi connectivity index (χ0v) is 12.5. The van der Waals surface area contributed by atoms with E-state index in [9.17, 15) is 10.1 Å². The Labute approximate surface area is 118 Å². The maximum absolute atomic E-state index is 11.0. The van der Waals surface area contributed by atoms with Gasteiger partial charge in [0.2, 0.25) is 5.95 Å². The first kappa shape index (κ1) is 16.1. The van der Waals surface area contributed by atoms with Crippen molar-refractivity contribution in [3.63, 3.8) is 0 Å². The molecule has 20 heavy (non-hydrogen) atoms. The Morgan fingerprint density at radius 3 is 2.65 bits per heavy atom. The molecular weight excluding hydrogens is 262 g/mol. The molecule has 1 N–H and O–H groups in total. The van der Waals surface area contributed by atoms with Crippen LogP contribution in [0.3, 0.4) is 0 Å². The summed E-state index contributed by atoms with van der Waals surface area (Å²) in [7, 11) is 3.84. The molecule has 1 aromatic heterocycles. The van der Waals surface area contributed by atoms with E-state index in [1.165, 1.54) is 0 Å². The molecule has 0 saturated carbocycles. The van der Waals surface area contributed by atoms with Gasteiger partial charge in [-0.3, -0.25) is 10.1 Å². The second kappa shape index (κ2) is 6.47. The van der Waals surface area contributed by atoms with Crippen molar-refractivity contribution in [1.82, 2.24) is 14.9 Å². The van der Waals surface area contributed by atoms with Gasteiger partial charge in [-0.25, -0.2) is 4.98 Å². The predicted molar refractivity (Wildman–Crippen MR) is 76.1 cm³/mol. The summed E-state index contributed by atoms with van der Waals surface area (Å²) < 4.78 is 5.54. The molecule has 0 aliphatic carbocycles. The highest BCUT2D eigenvalue weighted by Crippen LogP contribution is 2.25. The summed E-state index contributed by atoms with van der Waals surface area (Å²) in [5.74, 6) is 0.298. The molecule has 0 saturated heterocycles. The number of likely N-dealkylation sites (N-methyl/N-ethyl adjacent to an activating group) is 1. The molecule has 8 nitrogen and oxygen atoms in total. The van der Waals surface area contributed by atoms with Crippen LogP contribution < -0.4 is 10.1 Å². The van der Waals surface area contributed by atoms with Gasteiger partial charge in [-0.1, -0.05) is 0 Å². The minimum Gasteiger partial charge on any atom is -0.471 e. The van der Waals surface area contributed by atoms with Crippen LogP contribution in [0.25, 0.3) is 0 Å². The summed E-state index contributed by atoms with van der Waals surface area (Å²) in [6.07, 6.45) is 1.16. The molecule has 1 rings (SSSR count). The monoisotopic (exact) mass is 283 g/mol. The van der Waals surface area contributed by atoms with E-state index >= 15 is 0 Å². The van der Waals surface area contributed by atoms with Gasteiger partial charge in [0.05, 0.1) is 4.92 Å². The Balaban J connectivity index is 2.96. The molecule has 0 bridgehead atoms. The first-order chi connectivity index (χ1) is 9.27. The number of anilines is 1. The standard InChI is InChI=1S/C12H21N5O3/c1-6-13-11-14-7-9(17(18)19)10(15-11)20-8-12(2,3)16(4)5/h7H,6,8H2,1-5H3,(H,13,14,15). The smallest absolute Gasteiger partial charge is 0.349 e. The predicted octanol–water partition coefficient (Wildman–Crippen LogP) is 1.54. The zero-order chi connectivity index (χ0) is 15.3. The minimum atomic E-state index is -0.548. The third-order valence-corrected chi connectivity index (χ3v) is 3.04. The molecule has 0 spiro atoms. The van der Waals surface area contributed by atoms with Crippen molar-refractivity contribution in [2.75, 3.05) is 32.6 Å². The van der Waals surface area contributed by atoms with Crippen molar-refractivity contribution in [3.05, 3.63) is 16.3 Å². The highest BCUT2D eigenvalue weighted by molar-refractivity contribution is 5.43. The molecule has 0 fully saturated rings. The lowest BCUT2D eigenvalue weighted by Crippen LogP contribution is -2.43. The normalized spacial score (nSPS) is 11.5. The fraction of sp³-hybridized carbons (Fsp3) is 0.667. The largest absolute Gasteiger partial charge is 0.471 e. The Kier molecular flexibility index (Phi) is 5.20. The summed E-state index contributed by atoms with van der Waals surface area (Å²) in [6.45, 7) is 6.75. The number of rotatable bonds is 7.